The Morgan fingerprint density at radius 2 is 1.58 bits per heavy atom. The van der Waals surface area contributed by atoms with Gasteiger partial charge in [-0.25, -0.2) is 4.99 Å². The number of nitrogens with one attached hydrogen (secondary N) is 1. The van der Waals surface area contributed by atoms with E-state index in [9.17, 15) is 0 Å². The molecule has 2 aromatic carbocycles. The summed E-state index contributed by atoms with van der Waals surface area (Å²) in [5.41, 5.74) is 1.77. The molecule has 0 aliphatic carbocycles. The van der Waals surface area contributed by atoms with Gasteiger partial charge in [0.1, 0.15) is 11.5 Å². The van der Waals surface area contributed by atoms with Crippen LogP contribution in [0.5, 0.6) is 11.5 Å². The summed E-state index contributed by atoms with van der Waals surface area (Å²) in [6, 6.07) is 15.3. The van der Waals surface area contributed by atoms with Crippen molar-refractivity contribution in [1.82, 2.24) is 4.90 Å². The van der Waals surface area contributed by atoms with E-state index in [2.05, 4.69) is 16.9 Å². The van der Waals surface area contributed by atoms with Crippen molar-refractivity contribution < 1.29 is 9.47 Å². The Labute approximate surface area is 143 Å². The zero-order chi connectivity index (χ0) is 17.4. The van der Waals surface area contributed by atoms with Crippen molar-refractivity contribution in [2.24, 2.45) is 4.99 Å². The largest absolute Gasteiger partial charge is 0.497 e. The fourth-order valence-corrected chi connectivity index (χ4v) is 2.07. The standard InChI is InChI=1S/C19H23N3O2/c1-5-14-22(2)19(20-15-6-10-17(23-3)11-7-15)21-16-8-12-18(24-4)13-9-16/h5-13H,1,14H2,2-4H3,(H,20,21). The molecular weight excluding hydrogens is 302 g/mol. The molecule has 126 valence electrons. The second-order valence-corrected chi connectivity index (χ2v) is 5.16. The van der Waals surface area contributed by atoms with E-state index in [4.69, 9.17) is 9.47 Å². The summed E-state index contributed by atoms with van der Waals surface area (Å²) >= 11 is 0. The summed E-state index contributed by atoms with van der Waals surface area (Å²) in [6.07, 6.45) is 1.83. The van der Waals surface area contributed by atoms with Crippen molar-refractivity contribution in [3.05, 3.63) is 61.2 Å². The zero-order valence-corrected chi connectivity index (χ0v) is 14.3. The quantitative estimate of drug-likeness (QED) is 0.497. The molecule has 0 fully saturated rings. The predicted molar refractivity (Wildman–Crippen MR) is 99.5 cm³/mol. The highest BCUT2D eigenvalue weighted by molar-refractivity contribution is 5.95. The lowest BCUT2D eigenvalue weighted by atomic mass is 10.3. The predicted octanol–water partition coefficient (Wildman–Crippen LogP) is 3.92. The Morgan fingerprint density at radius 3 is 2.08 bits per heavy atom. The molecule has 0 aromatic heterocycles. The molecule has 0 aliphatic heterocycles. The van der Waals surface area contributed by atoms with Gasteiger partial charge < -0.3 is 19.7 Å². The maximum Gasteiger partial charge on any atom is 0.203 e. The second kappa shape index (κ2) is 8.62. The minimum absolute atomic E-state index is 0.679. The van der Waals surface area contributed by atoms with Gasteiger partial charge in [-0.15, -0.1) is 6.58 Å². The van der Waals surface area contributed by atoms with Gasteiger partial charge in [0.05, 0.1) is 19.9 Å². The highest BCUT2D eigenvalue weighted by Crippen LogP contribution is 2.20. The number of benzene rings is 2. The highest BCUT2D eigenvalue weighted by Gasteiger charge is 2.07. The Bertz CT molecular complexity index is 679. The molecule has 5 heteroatoms. The van der Waals surface area contributed by atoms with E-state index < -0.39 is 0 Å². The van der Waals surface area contributed by atoms with Crippen LogP contribution in [0.2, 0.25) is 0 Å². The van der Waals surface area contributed by atoms with E-state index >= 15 is 0 Å². The van der Waals surface area contributed by atoms with Crippen LogP contribution in [0, 0.1) is 0 Å². The van der Waals surface area contributed by atoms with Gasteiger partial charge in [-0.1, -0.05) is 6.08 Å². The molecule has 0 radical (unpaired) electrons. The van der Waals surface area contributed by atoms with Gasteiger partial charge in [0.25, 0.3) is 0 Å². The maximum absolute atomic E-state index is 5.18. The summed E-state index contributed by atoms with van der Waals surface area (Å²) in [5.74, 6) is 2.34. The van der Waals surface area contributed by atoms with Crippen LogP contribution in [0.25, 0.3) is 0 Å². The van der Waals surface area contributed by atoms with Gasteiger partial charge in [0, 0.05) is 19.3 Å². The number of hydrogen-bond acceptors (Lipinski definition) is 3. The topological polar surface area (TPSA) is 46.1 Å². The summed E-state index contributed by atoms with van der Waals surface area (Å²) in [4.78, 5) is 6.67. The summed E-state index contributed by atoms with van der Waals surface area (Å²) in [7, 11) is 5.25. The molecule has 0 amide bonds. The molecule has 2 aromatic rings. The van der Waals surface area contributed by atoms with Crippen molar-refractivity contribution >= 4 is 17.3 Å². The molecule has 0 heterocycles. The highest BCUT2D eigenvalue weighted by atomic mass is 16.5. The van der Waals surface area contributed by atoms with Crippen molar-refractivity contribution in [1.29, 1.82) is 0 Å². The Hall–Kier alpha value is -2.95. The molecular formula is C19H23N3O2. The van der Waals surface area contributed by atoms with Crippen LogP contribution in [-0.2, 0) is 0 Å². The fraction of sp³-hybridized carbons (Fsp3) is 0.211. The molecule has 5 nitrogen and oxygen atoms in total. The molecule has 0 spiro atoms. The maximum atomic E-state index is 5.18. The fourth-order valence-electron chi connectivity index (χ4n) is 2.07. The van der Waals surface area contributed by atoms with Crippen LogP contribution < -0.4 is 14.8 Å². The molecule has 24 heavy (non-hydrogen) atoms. The van der Waals surface area contributed by atoms with Crippen LogP contribution in [0.3, 0.4) is 0 Å². The van der Waals surface area contributed by atoms with E-state index in [0.717, 1.165) is 28.8 Å². The molecule has 0 bridgehead atoms. The summed E-state index contributed by atoms with van der Waals surface area (Å²) in [6.45, 7) is 4.46. The third-order valence-corrected chi connectivity index (χ3v) is 3.42. The third-order valence-electron chi connectivity index (χ3n) is 3.42. The van der Waals surface area contributed by atoms with Crippen molar-refractivity contribution in [2.75, 3.05) is 33.1 Å². The third kappa shape index (κ3) is 4.78. The number of nitrogens with zero attached hydrogens (tertiary/aromatic N) is 2. The molecule has 0 saturated carbocycles. The van der Waals surface area contributed by atoms with Crippen LogP contribution in [0.4, 0.5) is 11.4 Å². The zero-order valence-electron chi connectivity index (χ0n) is 14.3. The molecule has 2 rings (SSSR count). The Kier molecular flexibility index (Phi) is 6.25. The number of rotatable bonds is 6. The average molecular weight is 325 g/mol. The second-order valence-electron chi connectivity index (χ2n) is 5.16. The molecule has 0 saturated heterocycles. The SMILES string of the molecule is C=CCN(C)C(=Nc1ccc(OC)cc1)Nc1ccc(OC)cc1. The first-order valence-corrected chi connectivity index (χ1v) is 7.62. The number of guanidine groups is 1. The van der Waals surface area contributed by atoms with Crippen LogP contribution in [0.1, 0.15) is 0 Å². The number of methoxy groups -OCH3 is 2. The Morgan fingerprint density at radius 1 is 1.04 bits per heavy atom. The van der Waals surface area contributed by atoms with Crippen molar-refractivity contribution in [3.8, 4) is 11.5 Å². The van der Waals surface area contributed by atoms with E-state index in [1.165, 1.54) is 0 Å². The van der Waals surface area contributed by atoms with Crippen LogP contribution in [0.15, 0.2) is 66.2 Å². The van der Waals surface area contributed by atoms with Gasteiger partial charge in [0.15, 0.2) is 0 Å². The van der Waals surface area contributed by atoms with Gasteiger partial charge in [-0.05, 0) is 48.5 Å². The van der Waals surface area contributed by atoms with Crippen LogP contribution in [-0.4, -0.2) is 38.7 Å². The van der Waals surface area contributed by atoms with Gasteiger partial charge >= 0.3 is 0 Å². The molecule has 0 unspecified atom stereocenters. The van der Waals surface area contributed by atoms with E-state index in [-0.39, 0.29) is 0 Å². The van der Waals surface area contributed by atoms with Gasteiger partial charge in [0.2, 0.25) is 5.96 Å². The lowest BCUT2D eigenvalue weighted by molar-refractivity contribution is 0.415. The lowest BCUT2D eigenvalue weighted by Gasteiger charge is -2.21. The summed E-state index contributed by atoms with van der Waals surface area (Å²) < 4.78 is 10.4. The van der Waals surface area contributed by atoms with Crippen molar-refractivity contribution in [2.45, 2.75) is 0 Å². The number of ether oxygens (including phenoxy) is 2. The van der Waals surface area contributed by atoms with E-state index in [1.807, 2.05) is 66.6 Å². The Balaban J connectivity index is 2.24. The first-order valence-electron chi connectivity index (χ1n) is 7.62. The van der Waals surface area contributed by atoms with E-state index in [1.54, 1.807) is 14.2 Å². The first kappa shape index (κ1) is 17.4. The minimum Gasteiger partial charge on any atom is -0.497 e. The van der Waals surface area contributed by atoms with Crippen molar-refractivity contribution in [3.63, 3.8) is 0 Å². The first-order chi connectivity index (χ1) is 11.7. The normalized spacial score (nSPS) is 10.9. The van der Waals surface area contributed by atoms with Gasteiger partial charge in [-0.2, -0.15) is 0 Å². The average Bonchev–Trinajstić information content (AvgIpc) is 2.62. The molecule has 0 atom stereocenters. The number of anilines is 1. The molecule has 0 aliphatic rings. The monoisotopic (exact) mass is 325 g/mol. The summed E-state index contributed by atoms with van der Waals surface area (Å²) in [5, 5.41) is 3.33. The number of likely N-dealkylation sites (N-methyl/N-ethyl adjacent to an activating group) is 1. The molecule has 1 N–H and O–H groups in total. The van der Waals surface area contributed by atoms with E-state index in [0.29, 0.717) is 6.54 Å². The van der Waals surface area contributed by atoms with Gasteiger partial charge in [-0.3, -0.25) is 0 Å². The van der Waals surface area contributed by atoms with Crippen LogP contribution >= 0.6 is 0 Å². The number of hydrogen-bond donors (Lipinski definition) is 1. The minimum atomic E-state index is 0.679. The number of aliphatic imine (C=N–C) groups is 1. The smallest absolute Gasteiger partial charge is 0.203 e. The lowest BCUT2D eigenvalue weighted by Crippen LogP contribution is -2.33.